The first-order valence-electron chi connectivity index (χ1n) is 3.80. The van der Waals surface area contributed by atoms with Crippen LogP contribution in [0.15, 0.2) is 0 Å². The van der Waals surface area contributed by atoms with Crippen LogP contribution in [0.1, 0.15) is 20.3 Å². The predicted molar refractivity (Wildman–Crippen MR) is 43.8 cm³/mol. The molecule has 10 heavy (non-hydrogen) atoms. The third-order valence-corrected chi connectivity index (χ3v) is 1.58. The van der Waals surface area contributed by atoms with Gasteiger partial charge in [0, 0.05) is 0 Å². The normalized spacial score (nSPS) is 18.6. The van der Waals surface area contributed by atoms with Crippen molar-refractivity contribution in [2.24, 2.45) is 0 Å². The Morgan fingerprint density at radius 1 is 1.30 bits per heavy atom. The smallest absolute Gasteiger partial charge is 0.110 e. The minimum Gasteiger partial charge on any atom is -0.384 e. The molecule has 2 nitrogen and oxygen atoms in total. The zero-order chi connectivity index (χ0) is 8.41. The zero-order valence-corrected chi connectivity index (χ0v) is 7.81. The van der Waals surface area contributed by atoms with Gasteiger partial charge in [-0.3, -0.25) is 0 Å². The lowest BCUT2D eigenvalue weighted by atomic mass is 10.0. The Bertz CT molecular complexity index is 102. The Morgan fingerprint density at radius 3 is 1.80 bits per heavy atom. The lowest BCUT2D eigenvalue weighted by Crippen LogP contribution is -2.47. The number of hydrogen-bond acceptors (Lipinski definition) is 1. The average molecular weight is 146 g/mol. The quantitative estimate of drug-likeness (QED) is 0.585. The van der Waals surface area contributed by atoms with Gasteiger partial charge in [0.25, 0.3) is 0 Å². The van der Waals surface area contributed by atoms with Crippen LogP contribution in [0.2, 0.25) is 0 Å². The summed E-state index contributed by atoms with van der Waals surface area (Å²) in [6.07, 6.45) is 0.822. The van der Waals surface area contributed by atoms with Crippen LogP contribution in [0.25, 0.3) is 0 Å². The lowest BCUT2D eigenvalue weighted by Gasteiger charge is -2.32. The second-order valence-electron chi connectivity index (χ2n) is 4.30. The fourth-order valence-corrected chi connectivity index (χ4v) is 1.13. The highest BCUT2D eigenvalue weighted by Gasteiger charge is 2.25. The number of nitrogens with zero attached hydrogens (tertiary/aromatic N) is 1. The number of quaternary nitrogens is 1. The van der Waals surface area contributed by atoms with E-state index < -0.39 is 5.60 Å². The molecule has 0 heterocycles. The van der Waals surface area contributed by atoms with Crippen molar-refractivity contribution in [2.75, 3.05) is 27.7 Å². The van der Waals surface area contributed by atoms with Crippen molar-refractivity contribution in [3.63, 3.8) is 0 Å². The van der Waals surface area contributed by atoms with Gasteiger partial charge >= 0.3 is 0 Å². The van der Waals surface area contributed by atoms with Gasteiger partial charge in [0.15, 0.2) is 0 Å². The van der Waals surface area contributed by atoms with E-state index in [1.807, 2.05) is 13.8 Å². The maximum atomic E-state index is 9.64. The van der Waals surface area contributed by atoms with E-state index in [9.17, 15) is 5.11 Å². The van der Waals surface area contributed by atoms with Gasteiger partial charge in [-0.05, 0) is 13.3 Å². The van der Waals surface area contributed by atoms with Crippen LogP contribution in [-0.2, 0) is 0 Å². The first-order valence-corrected chi connectivity index (χ1v) is 3.80. The Kier molecular flexibility index (Phi) is 2.86. The molecule has 1 unspecified atom stereocenters. The van der Waals surface area contributed by atoms with Gasteiger partial charge in [-0.2, -0.15) is 0 Å². The predicted octanol–water partition coefficient (Wildman–Crippen LogP) is 0.854. The second kappa shape index (κ2) is 2.89. The number of hydrogen-bond donors (Lipinski definition) is 1. The molecule has 0 aromatic rings. The molecule has 0 aliphatic heterocycles. The van der Waals surface area contributed by atoms with E-state index in [0.717, 1.165) is 17.4 Å². The van der Waals surface area contributed by atoms with Gasteiger partial charge in [0.05, 0.1) is 21.1 Å². The first kappa shape index (κ1) is 9.92. The van der Waals surface area contributed by atoms with Gasteiger partial charge in [-0.1, -0.05) is 6.92 Å². The van der Waals surface area contributed by atoms with E-state index in [0.29, 0.717) is 0 Å². The molecule has 0 aliphatic carbocycles. The fraction of sp³-hybridized carbons (Fsp3) is 1.00. The lowest BCUT2D eigenvalue weighted by molar-refractivity contribution is -0.876. The maximum absolute atomic E-state index is 9.64. The van der Waals surface area contributed by atoms with Crippen LogP contribution in [-0.4, -0.2) is 42.9 Å². The molecule has 0 bridgehead atoms. The van der Waals surface area contributed by atoms with Crippen molar-refractivity contribution in [3.05, 3.63) is 0 Å². The summed E-state index contributed by atoms with van der Waals surface area (Å²) in [4.78, 5) is 0. The van der Waals surface area contributed by atoms with Crippen molar-refractivity contribution in [1.82, 2.24) is 0 Å². The van der Waals surface area contributed by atoms with Crippen LogP contribution < -0.4 is 0 Å². The Hall–Kier alpha value is -0.0800. The highest BCUT2D eigenvalue weighted by Crippen LogP contribution is 2.11. The van der Waals surface area contributed by atoms with Crippen molar-refractivity contribution >= 4 is 0 Å². The Labute approximate surface area is 64.1 Å². The summed E-state index contributed by atoms with van der Waals surface area (Å²) in [7, 11) is 6.26. The topological polar surface area (TPSA) is 20.2 Å². The molecule has 0 saturated carbocycles. The summed E-state index contributed by atoms with van der Waals surface area (Å²) in [6, 6.07) is 0. The average Bonchev–Trinajstić information content (AvgIpc) is 1.60. The third kappa shape index (κ3) is 4.77. The minimum atomic E-state index is -0.502. The molecule has 2 heteroatoms. The second-order valence-corrected chi connectivity index (χ2v) is 4.30. The molecular weight excluding hydrogens is 126 g/mol. The van der Waals surface area contributed by atoms with Crippen molar-refractivity contribution in [1.29, 1.82) is 0 Å². The summed E-state index contributed by atoms with van der Waals surface area (Å²) in [5.41, 5.74) is -0.502. The van der Waals surface area contributed by atoms with Crippen molar-refractivity contribution < 1.29 is 9.59 Å². The highest BCUT2D eigenvalue weighted by atomic mass is 16.3. The monoisotopic (exact) mass is 146 g/mol. The summed E-state index contributed by atoms with van der Waals surface area (Å²) in [5, 5.41) is 9.64. The molecule has 0 aromatic carbocycles. The number of aliphatic hydroxyl groups is 1. The molecule has 1 atom stereocenters. The summed E-state index contributed by atoms with van der Waals surface area (Å²) < 4.78 is 0.820. The largest absolute Gasteiger partial charge is 0.384 e. The molecule has 0 spiro atoms. The Balaban J connectivity index is 3.89. The Morgan fingerprint density at radius 2 is 1.70 bits per heavy atom. The van der Waals surface area contributed by atoms with Crippen LogP contribution in [0.3, 0.4) is 0 Å². The molecule has 0 fully saturated rings. The molecule has 62 valence electrons. The van der Waals surface area contributed by atoms with E-state index in [4.69, 9.17) is 0 Å². The van der Waals surface area contributed by atoms with Crippen molar-refractivity contribution in [2.45, 2.75) is 25.9 Å². The van der Waals surface area contributed by atoms with Crippen molar-refractivity contribution in [3.8, 4) is 0 Å². The van der Waals surface area contributed by atoms with Crippen LogP contribution in [0, 0.1) is 0 Å². The van der Waals surface area contributed by atoms with Crippen LogP contribution in [0.5, 0.6) is 0 Å². The summed E-state index contributed by atoms with van der Waals surface area (Å²) in [6.45, 7) is 4.70. The standard InChI is InChI=1S/C8H20NO/c1-6-8(2,10)7-9(3,4)5/h10H,6-7H2,1-5H3/q+1. The minimum absolute atomic E-state index is 0.502. The first-order chi connectivity index (χ1) is 4.27. The van der Waals surface area contributed by atoms with Gasteiger partial charge in [-0.15, -0.1) is 0 Å². The molecule has 0 amide bonds. The molecule has 0 saturated heterocycles. The molecule has 0 aliphatic rings. The fourth-order valence-electron chi connectivity index (χ4n) is 1.13. The number of likely N-dealkylation sites (N-methyl/N-ethyl adjacent to an activating group) is 1. The molecular formula is C8H20NO+. The van der Waals surface area contributed by atoms with Crippen LogP contribution in [0.4, 0.5) is 0 Å². The van der Waals surface area contributed by atoms with E-state index in [2.05, 4.69) is 21.1 Å². The number of rotatable bonds is 3. The maximum Gasteiger partial charge on any atom is 0.110 e. The van der Waals surface area contributed by atoms with Crippen LogP contribution >= 0.6 is 0 Å². The summed E-state index contributed by atoms with van der Waals surface area (Å²) >= 11 is 0. The van der Waals surface area contributed by atoms with Gasteiger partial charge in [-0.25, -0.2) is 0 Å². The van der Waals surface area contributed by atoms with Gasteiger partial charge in [0.1, 0.15) is 12.1 Å². The highest BCUT2D eigenvalue weighted by molar-refractivity contribution is 4.68. The zero-order valence-electron chi connectivity index (χ0n) is 7.81. The van der Waals surface area contributed by atoms with E-state index in [1.54, 1.807) is 0 Å². The van der Waals surface area contributed by atoms with E-state index in [-0.39, 0.29) is 0 Å². The van der Waals surface area contributed by atoms with E-state index in [1.165, 1.54) is 0 Å². The molecule has 0 aromatic heterocycles. The van der Waals surface area contributed by atoms with Gasteiger partial charge < -0.3 is 9.59 Å². The molecule has 0 radical (unpaired) electrons. The molecule has 1 N–H and O–H groups in total. The third-order valence-electron chi connectivity index (χ3n) is 1.58. The van der Waals surface area contributed by atoms with E-state index >= 15 is 0 Å². The molecule has 0 rings (SSSR count). The van der Waals surface area contributed by atoms with Gasteiger partial charge in [0.2, 0.25) is 0 Å². The summed E-state index contributed by atoms with van der Waals surface area (Å²) in [5.74, 6) is 0. The SMILES string of the molecule is CCC(C)(O)C[N+](C)(C)C.